The summed E-state index contributed by atoms with van der Waals surface area (Å²) < 4.78 is 7.14. The van der Waals surface area contributed by atoms with Crippen LogP contribution in [0.4, 0.5) is 0 Å². The van der Waals surface area contributed by atoms with E-state index in [0.717, 1.165) is 25.7 Å². The molecular weight excluding hydrogens is 751 g/mol. The monoisotopic (exact) mass is 792 g/mol. The summed E-state index contributed by atoms with van der Waals surface area (Å²) in [4.78, 5) is 0. The summed E-state index contributed by atoms with van der Waals surface area (Å²) in [7, 11) is 1.11. The van der Waals surface area contributed by atoms with Crippen LogP contribution in [0.2, 0.25) is 0 Å². The largest absolute Gasteiger partial charge is 0.369 e. The minimum absolute atomic E-state index is 0.277. The van der Waals surface area contributed by atoms with Gasteiger partial charge in [-0.05, 0) is 117 Å². The van der Waals surface area contributed by atoms with E-state index in [0.29, 0.717) is 0 Å². The molecule has 0 spiro atoms. The van der Waals surface area contributed by atoms with Crippen LogP contribution < -0.4 is 15.9 Å². The number of hydrogen-bond acceptors (Lipinski definition) is 1. The third-order valence-corrected chi connectivity index (χ3v) is 14.8. The van der Waals surface area contributed by atoms with E-state index in [-0.39, 0.29) is 5.60 Å². The fraction of sp³-hybridized carbons (Fsp3) is 0.115. The van der Waals surface area contributed by atoms with Crippen LogP contribution in [-0.4, -0.2) is 7.11 Å². The zero-order valence-electron chi connectivity index (χ0n) is 31.0. The van der Waals surface area contributed by atoms with Crippen molar-refractivity contribution in [1.29, 1.82) is 0 Å². The zero-order chi connectivity index (χ0) is 37.2. The van der Waals surface area contributed by atoms with Crippen molar-refractivity contribution in [3.8, 4) is 0 Å². The van der Waals surface area contributed by atoms with Gasteiger partial charge in [-0.2, -0.15) is 0 Å². The lowest BCUT2D eigenvalue weighted by Gasteiger charge is -2.29. The maximum Gasteiger partial charge on any atom is 0.118 e. The minimum Gasteiger partial charge on any atom is -0.369 e. The van der Waals surface area contributed by atoms with Crippen LogP contribution in [-0.2, 0) is 29.6 Å². The van der Waals surface area contributed by atoms with E-state index in [1.165, 1.54) is 81.6 Å². The second-order valence-corrected chi connectivity index (χ2v) is 17.3. The first-order valence-corrected chi connectivity index (χ1v) is 21.3. The highest BCUT2D eigenvalue weighted by Crippen LogP contribution is 2.47. The predicted octanol–water partition coefficient (Wildman–Crippen LogP) is 11.7. The van der Waals surface area contributed by atoms with Gasteiger partial charge < -0.3 is 4.74 Å². The number of benzene rings is 7. The quantitative estimate of drug-likeness (QED) is 0.146. The second kappa shape index (κ2) is 15.6. The summed E-state index contributed by atoms with van der Waals surface area (Å²) in [6.45, 7) is 0. The first kappa shape index (κ1) is 35.6. The van der Waals surface area contributed by atoms with Gasteiger partial charge in [-0.25, -0.2) is 0 Å². The summed E-state index contributed by atoms with van der Waals surface area (Å²) in [5.41, 5.74) is 14.7. The van der Waals surface area contributed by atoms with Gasteiger partial charge in [0.15, 0.2) is 0 Å². The van der Waals surface area contributed by atoms with Gasteiger partial charge in [0.05, 0.1) is 0 Å². The number of rotatable bonds is 7. The minimum atomic E-state index is -0.694. The maximum absolute atomic E-state index is 5.95. The van der Waals surface area contributed by atoms with Gasteiger partial charge in [0.1, 0.15) is 5.60 Å². The maximum atomic E-state index is 5.95. The molecule has 0 fully saturated rings. The van der Waals surface area contributed by atoms with Gasteiger partial charge in [0.2, 0.25) is 0 Å². The van der Waals surface area contributed by atoms with Crippen molar-refractivity contribution in [3.63, 3.8) is 0 Å². The predicted molar refractivity (Wildman–Crippen MR) is 236 cm³/mol. The van der Waals surface area contributed by atoms with E-state index in [1.54, 1.807) is 0 Å². The van der Waals surface area contributed by atoms with E-state index in [1.807, 2.05) is 13.2 Å². The highest BCUT2D eigenvalue weighted by Gasteiger charge is 2.41. The molecule has 3 aliphatic carbocycles. The van der Waals surface area contributed by atoms with Crippen molar-refractivity contribution < 1.29 is 4.74 Å². The van der Waals surface area contributed by atoms with E-state index in [4.69, 9.17) is 4.74 Å². The number of ether oxygens (including phenoxy) is 1. The topological polar surface area (TPSA) is 9.23 Å². The molecule has 0 aliphatic heterocycles. The number of halogens is 1. The molecule has 0 saturated heterocycles. The highest BCUT2D eigenvalue weighted by molar-refractivity contribution is 9.10. The van der Waals surface area contributed by atoms with Crippen LogP contribution >= 0.6 is 23.9 Å². The van der Waals surface area contributed by atoms with E-state index >= 15 is 0 Å². The summed E-state index contributed by atoms with van der Waals surface area (Å²) in [6, 6.07) is 63.7. The lowest BCUT2D eigenvalue weighted by molar-refractivity contribution is 0.0238. The van der Waals surface area contributed by atoms with Crippen molar-refractivity contribution in [1.82, 2.24) is 0 Å². The molecule has 0 aromatic heterocycles. The average Bonchev–Trinajstić information content (AvgIpc) is 4.00. The van der Waals surface area contributed by atoms with Gasteiger partial charge in [0.25, 0.3) is 0 Å². The lowest BCUT2D eigenvalue weighted by Crippen LogP contribution is -2.26. The Labute approximate surface area is 335 Å². The third-order valence-electron chi connectivity index (χ3n) is 11.4. The third kappa shape index (κ3) is 6.57. The molecule has 7 aromatic carbocycles. The Balaban J connectivity index is 0.000000185. The molecule has 0 bridgehead atoms. The van der Waals surface area contributed by atoms with Crippen LogP contribution in [0.25, 0.3) is 11.1 Å². The van der Waals surface area contributed by atoms with Gasteiger partial charge >= 0.3 is 0 Å². The van der Waals surface area contributed by atoms with E-state index < -0.39 is 7.92 Å². The lowest BCUT2D eigenvalue weighted by atomic mass is 9.87. The standard InChI is InChI=1S/C36H27P.C16H15BrO/c1-4-12-26(13-5-1)29-22-24-33-31(29)18-10-20-35(33)37(28-16-8-3-9-17-28)36-21-11-19-32-30(23-25-34(32)36)27-14-6-2-7-15-27;1-18-16(12-6-3-2-4-7-12)11-10-13-14(16)8-5-9-15(13)17/h1-23H,24-25H2;2-9H,10-11H2,1H3. The van der Waals surface area contributed by atoms with Crippen LogP contribution in [0.5, 0.6) is 0 Å². The Hall–Kier alpha value is -5.11. The van der Waals surface area contributed by atoms with Gasteiger partial charge in [-0.15, -0.1) is 0 Å². The number of hydrogen-bond donors (Lipinski definition) is 0. The molecule has 1 nitrogen and oxygen atoms in total. The van der Waals surface area contributed by atoms with Crippen molar-refractivity contribution in [3.05, 3.63) is 243 Å². The molecule has 0 N–H and O–H groups in total. The van der Waals surface area contributed by atoms with Crippen LogP contribution in [0, 0.1) is 0 Å². The Morgan fingerprint density at radius 2 is 1.00 bits per heavy atom. The van der Waals surface area contributed by atoms with Crippen molar-refractivity contribution in [2.45, 2.75) is 31.3 Å². The van der Waals surface area contributed by atoms with Crippen molar-refractivity contribution in [2.24, 2.45) is 0 Å². The summed E-state index contributed by atoms with van der Waals surface area (Å²) in [5, 5.41) is 4.39. The smallest absolute Gasteiger partial charge is 0.118 e. The summed E-state index contributed by atoms with van der Waals surface area (Å²) in [6.07, 6.45) is 8.89. The number of allylic oxidation sites excluding steroid dienone is 2. The van der Waals surface area contributed by atoms with Crippen LogP contribution in [0.15, 0.2) is 193 Å². The van der Waals surface area contributed by atoms with Crippen molar-refractivity contribution >= 4 is 50.9 Å². The Morgan fingerprint density at radius 1 is 0.509 bits per heavy atom. The van der Waals surface area contributed by atoms with E-state index in [9.17, 15) is 0 Å². The number of fused-ring (bicyclic) bond motifs is 3. The Morgan fingerprint density at radius 3 is 1.53 bits per heavy atom. The van der Waals surface area contributed by atoms with Gasteiger partial charge in [-0.1, -0.05) is 198 Å². The Kier molecular flexibility index (Phi) is 10.1. The summed E-state index contributed by atoms with van der Waals surface area (Å²) >= 11 is 3.65. The first-order valence-electron chi connectivity index (χ1n) is 19.2. The highest BCUT2D eigenvalue weighted by atomic mass is 79.9. The van der Waals surface area contributed by atoms with Crippen LogP contribution in [0.1, 0.15) is 56.5 Å². The fourth-order valence-electron chi connectivity index (χ4n) is 8.86. The molecule has 268 valence electrons. The molecule has 0 heterocycles. The normalized spacial score (nSPS) is 16.4. The fourth-order valence-corrected chi connectivity index (χ4v) is 12.1. The van der Waals surface area contributed by atoms with E-state index in [2.05, 4.69) is 198 Å². The average molecular weight is 794 g/mol. The molecule has 1 unspecified atom stereocenters. The molecule has 3 heteroatoms. The molecule has 7 aromatic rings. The molecule has 1 atom stereocenters. The van der Waals surface area contributed by atoms with Gasteiger partial charge in [0, 0.05) is 11.6 Å². The molecular formula is C52H42BrOP. The van der Waals surface area contributed by atoms with Gasteiger partial charge in [-0.3, -0.25) is 0 Å². The first-order chi connectivity index (χ1) is 27.2. The molecule has 0 amide bonds. The summed E-state index contributed by atoms with van der Waals surface area (Å²) in [5.74, 6) is 0. The SMILES string of the molecule is C1=C(c2ccccc2)c2cccc(P(c3ccccc3)c3cccc4c3CC=C4c3ccccc3)c2C1.COC1(c2ccccc2)CCc2c(Br)cccc21. The molecule has 0 radical (unpaired) electrons. The zero-order valence-corrected chi connectivity index (χ0v) is 33.4. The second-order valence-electron chi connectivity index (χ2n) is 14.3. The van der Waals surface area contributed by atoms with Crippen molar-refractivity contribution in [2.75, 3.05) is 7.11 Å². The number of methoxy groups -OCH3 is 1. The molecule has 10 rings (SSSR count). The molecule has 0 saturated carbocycles. The molecule has 3 aliphatic rings. The molecule has 55 heavy (non-hydrogen) atoms. The van der Waals surface area contributed by atoms with Crippen LogP contribution in [0.3, 0.4) is 0 Å². The Bertz CT molecular complexity index is 2420.